The minimum absolute atomic E-state index is 0.0637. The number of hydrogen-bond donors (Lipinski definition) is 1. The Kier molecular flexibility index (Phi) is 3.80. The molecule has 0 radical (unpaired) electrons. The number of rotatable bonds is 3. The number of ether oxygens (including phenoxy) is 1. The van der Waals surface area contributed by atoms with E-state index in [4.69, 9.17) is 22.1 Å². The molecule has 0 saturated carbocycles. The Morgan fingerprint density at radius 3 is 2.64 bits per heavy atom. The van der Waals surface area contributed by atoms with Gasteiger partial charge in [-0.05, 0) is 6.07 Å². The van der Waals surface area contributed by atoms with Crippen molar-refractivity contribution in [1.82, 2.24) is 0 Å². The first-order valence-electron chi connectivity index (χ1n) is 3.95. The van der Waals surface area contributed by atoms with E-state index >= 15 is 0 Å². The highest BCUT2D eigenvalue weighted by Gasteiger charge is 2.16. The van der Waals surface area contributed by atoms with E-state index in [1.165, 1.54) is 19.2 Å². The van der Waals surface area contributed by atoms with Gasteiger partial charge < -0.3 is 10.5 Å². The molecular weight excluding hydrogens is 212 g/mol. The quantitative estimate of drug-likeness (QED) is 0.795. The Bertz CT molecular complexity index is 333. The summed E-state index contributed by atoms with van der Waals surface area (Å²) in [5.41, 5.74) is 5.61. The molecule has 0 heterocycles. The summed E-state index contributed by atoms with van der Waals surface area (Å²) in [5.74, 6) is -2.09. The van der Waals surface area contributed by atoms with Crippen molar-refractivity contribution in [3.8, 4) is 0 Å². The van der Waals surface area contributed by atoms with Crippen LogP contribution in [0.3, 0.4) is 0 Å². The Hall–Kier alpha value is -0.710. The molecule has 0 saturated heterocycles. The Labute approximate surface area is 85.6 Å². The standard InChI is InChI=1S/C9H10ClF2NO/c1-14-4-7(13)5-2-3-6(10)9(12)8(5)11/h2-3,7H,4,13H2,1H3/t7-/m1/s1. The van der Waals surface area contributed by atoms with Gasteiger partial charge in [-0.3, -0.25) is 0 Å². The van der Waals surface area contributed by atoms with E-state index in [2.05, 4.69) is 0 Å². The van der Waals surface area contributed by atoms with Crippen molar-refractivity contribution in [3.63, 3.8) is 0 Å². The average Bonchev–Trinajstić information content (AvgIpc) is 2.15. The normalized spacial score (nSPS) is 12.9. The van der Waals surface area contributed by atoms with Gasteiger partial charge in [0, 0.05) is 12.7 Å². The van der Waals surface area contributed by atoms with Crippen LogP contribution in [0.25, 0.3) is 0 Å². The van der Waals surface area contributed by atoms with Crippen molar-refractivity contribution in [2.24, 2.45) is 5.73 Å². The fourth-order valence-corrected chi connectivity index (χ4v) is 1.24. The lowest BCUT2D eigenvalue weighted by atomic mass is 10.1. The molecule has 2 N–H and O–H groups in total. The first kappa shape index (κ1) is 11.4. The van der Waals surface area contributed by atoms with Crippen LogP contribution in [0.1, 0.15) is 11.6 Å². The molecule has 1 rings (SSSR count). The molecule has 0 unspecified atom stereocenters. The second-order valence-electron chi connectivity index (χ2n) is 2.83. The van der Waals surface area contributed by atoms with Crippen molar-refractivity contribution in [1.29, 1.82) is 0 Å². The molecule has 0 aromatic heterocycles. The molecular formula is C9H10ClF2NO. The molecule has 2 nitrogen and oxygen atoms in total. The minimum atomic E-state index is -1.07. The second-order valence-corrected chi connectivity index (χ2v) is 3.23. The van der Waals surface area contributed by atoms with Crippen LogP contribution < -0.4 is 5.73 Å². The zero-order valence-corrected chi connectivity index (χ0v) is 8.31. The number of benzene rings is 1. The first-order chi connectivity index (χ1) is 6.57. The summed E-state index contributed by atoms with van der Waals surface area (Å²) in [4.78, 5) is 0. The van der Waals surface area contributed by atoms with Crippen LogP contribution in [0.5, 0.6) is 0 Å². The van der Waals surface area contributed by atoms with Gasteiger partial charge >= 0.3 is 0 Å². The van der Waals surface area contributed by atoms with Gasteiger partial charge in [-0.25, -0.2) is 8.78 Å². The third kappa shape index (κ3) is 2.20. The molecule has 14 heavy (non-hydrogen) atoms. The molecule has 1 atom stereocenters. The predicted octanol–water partition coefficient (Wildman–Crippen LogP) is 2.26. The molecule has 78 valence electrons. The Balaban J connectivity index is 3.04. The fourth-order valence-electron chi connectivity index (χ4n) is 1.10. The lowest BCUT2D eigenvalue weighted by Gasteiger charge is -2.12. The molecule has 0 spiro atoms. The van der Waals surface area contributed by atoms with Crippen molar-refractivity contribution in [2.45, 2.75) is 6.04 Å². The molecule has 0 bridgehead atoms. The Morgan fingerprint density at radius 1 is 1.43 bits per heavy atom. The van der Waals surface area contributed by atoms with E-state index < -0.39 is 17.7 Å². The van der Waals surface area contributed by atoms with Gasteiger partial charge in [0.15, 0.2) is 11.6 Å². The molecule has 1 aromatic carbocycles. The van der Waals surface area contributed by atoms with Crippen LogP contribution in [0.2, 0.25) is 5.02 Å². The topological polar surface area (TPSA) is 35.2 Å². The Morgan fingerprint density at radius 2 is 2.07 bits per heavy atom. The number of nitrogens with two attached hydrogens (primary N) is 1. The number of hydrogen-bond acceptors (Lipinski definition) is 2. The van der Waals surface area contributed by atoms with Crippen LogP contribution in [-0.2, 0) is 4.74 Å². The third-order valence-corrected chi connectivity index (χ3v) is 2.10. The lowest BCUT2D eigenvalue weighted by molar-refractivity contribution is 0.179. The zero-order valence-electron chi connectivity index (χ0n) is 7.56. The van der Waals surface area contributed by atoms with Crippen molar-refractivity contribution < 1.29 is 13.5 Å². The zero-order chi connectivity index (χ0) is 10.7. The SMILES string of the molecule is COC[C@@H](N)c1ccc(Cl)c(F)c1F. The van der Waals surface area contributed by atoms with Gasteiger partial charge in [0.1, 0.15) is 0 Å². The van der Waals surface area contributed by atoms with Crippen molar-refractivity contribution in [3.05, 3.63) is 34.4 Å². The van der Waals surface area contributed by atoms with Crippen LogP contribution in [0.15, 0.2) is 12.1 Å². The minimum Gasteiger partial charge on any atom is -0.383 e. The monoisotopic (exact) mass is 221 g/mol. The molecule has 0 aliphatic heterocycles. The van der Waals surface area contributed by atoms with E-state index in [1.54, 1.807) is 0 Å². The second kappa shape index (κ2) is 4.68. The maximum atomic E-state index is 13.2. The van der Waals surface area contributed by atoms with Gasteiger partial charge in [-0.2, -0.15) is 0 Å². The van der Waals surface area contributed by atoms with Gasteiger partial charge in [0.05, 0.1) is 17.7 Å². The maximum Gasteiger partial charge on any atom is 0.177 e. The highest BCUT2D eigenvalue weighted by molar-refractivity contribution is 6.30. The van der Waals surface area contributed by atoms with E-state index in [0.717, 1.165) is 0 Å². The van der Waals surface area contributed by atoms with E-state index in [1.807, 2.05) is 0 Å². The molecule has 0 amide bonds. The summed E-state index contributed by atoms with van der Waals surface area (Å²) < 4.78 is 31.0. The summed E-state index contributed by atoms with van der Waals surface area (Å²) >= 11 is 5.38. The summed E-state index contributed by atoms with van der Waals surface area (Å²) in [6, 6.07) is 1.93. The van der Waals surface area contributed by atoms with Gasteiger partial charge in [0.25, 0.3) is 0 Å². The summed E-state index contributed by atoms with van der Waals surface area (Å²) in [5, 5.41) is -0.254. The van der Waals surface area contributed by atoms with Gasteiger partial charge in [-0.1, -0.05) is 17.7 Å². The fraction of sp³-hybridized carbons (Fsp3) is 0.333. The van der Waals surface area contributed by atoms with E-state index in [9.17, 15) is 8.78 Å². The number of methoxy groups -OCH3 is 1. The molecule has 5 heteroatoms. The van der Waals surface area contributed by atoms with Crippen LogP contribution >= 0.6 is 11.6 Å². The highest BCUT2D eigenvalue weighted by Crippen LogP contribution is 2.23. The van der Waals surface area contributed by atoms with Crippen molar-refractivity contribution in [2.75, 3.05) is 13.7 Å². The maximum absolute atomic E-state index is 13.2. The van der Waals surface area contributed by atoms with Crippen molar-refractivity contribution >= 4 is 11.6 Å². The predicted molar refractivity (Wildman–Crippen MR) is 50.2 cm³/mol. The smallest absolute Gasteiger partial charge is 0.177 e. The van der Waals surface area contributed by atoms with E-state index in [-0.39, 0.29) is 17.2 Å². The van der Waals surface area contributed by atoms with Crippen LogP contribution in [0, 0.1) is 11.6 Å². The van der Waals surface area contributed by atoms with Gasteiger partial charge in [-0.15, -0.1) is 0 Å². The average molecular weight is 222 g/mol. The molecule has 0 aliphatic rings. The summed E-state index contributed by atoms with van der Waals surface area (Å²) in [6.07, 6.45) is 0. The lowest BCUT2D eigenvalue weighted by Crippen LogP contribution is -2.18. The van der Waals surface area contributed by atoms with E-state index in [0.29, 0.717) is 0 Å². The van der Waals surface area contributed by atoms with Crippen LogP contribution in [-0.4, -0.2) is 13.7 Å². The number of halogens is 3. The highest BCUT2D eigenvalue weighted by atomic mass is 35.5. The van der Waals surface area contributed by atoms with Crippen LogP contribution in [0.4, 0.5) is 8.78 Å². The first-order valence-corrected chi connectivity index (χ1v) is 4.33. The summed E-state index contributed by atoms with van der Waals surface area (Å²) in [7, 11) is 1.43. The molecule has 0 fully saturated rings. The molecule has 1 aromatic rings. The summed E-state index contributed by atoms with van der Waals surface area (Å²) in [6.45, 7) is 0.123. The largest absolute Gasteiger partial charge is 0.383 e. The molecule has 0 aliphatic carbocycles. The van der Waals surface area contributed by atoms with Gasteiger partial charge in [0.2, 0.25) is 0 Å². The third-order valence-electron chi connectivity index (χ3n) is 1.81.